The first-order chi connectivity index (χ1) is 8.21. The summed E-state index contributed by atoms with van der Waals surface area (Å²) in [5.41, 5.74) is 4.53. The minimum Gasteiger partial charge on any atom is -0.339 e. The quantitative estimate of drug-likeness (QED) is 0.634. The van der Waals surface area contributed by atoms with E-state index in [9.17, 15) is 0 Å². The fourth-order valence-corrected chi connectivity index (χ4v) is 2.69. The molecule has 0 saturated carbocycles. The summed E-state index contributed by atoms with van der Waals surface area (Å²) in [5, 5.41) is 0. The molecular formula is C17H25N. The van der Waals surface area contributed by atoms with E-state index < -0.39 is 0 Å². The van der Waals surface area contributed by atoms with Crippen LogP contribution in [-0.4, -0.2) is 5.54 Å². The van der Waals surface area contributed by atoms with E-state index in [1.165, 1.54) is 16.9 Å². The van der Waals surface area contributed by atoms with Crippen LogP contribution in [0.3, 0.4) is 0 Å². The van der Waals surface area contributed by atoms with E-state index in [2.05, 4.69) is 76.8 Å². The van der Waals surface area contributed by atoms with Crippen LogP contribution in [0.15, 0.2) is 36.0 Å². The lowest BCUT2D eigenvalue weighted by atomic mass is 9.84. The summed E-state index contributed by atoms with van der Waals surface area (Å²) in [6.07, 6.45) is 3.45. The Balaban J connectivity index is 2.57. The fourth-order valence-electron chi connectivity index (χ4n) is 2.69. The molecule has 1 heterocycles. The topological polar surface area (TPSA) is 3.24 Å². The lowest BCUT2D eigenvalue weighted by molar-refractivity contribution is 0.425. The molecule has 0 saturated heterocycles. The normalized spacial score (nSPS) is 16.3. The van der Waals surface area contributed by atoms with E-state index in [0.29, 0.717) is 0 Å². The molecule has 1 nitrogen and oxygen atoms in total. The highest BCUT2D eigenvalue weighted by Gasteiger charge is 2.34. The molecule has 18 heavy (non-hydrogen) atoms. The van der Waals surface area contributed by atoms with Crippen molar-refractivity contribution in [1.29, 1.82) is 0 Å². The maximum atomic E-state index is 2.51. The van der Waals surface area contributed by atoms with E-state index in [1.807, 2.05) is 0 Å². The summed E-state index contributed by atoms with van der Waals surface area (Å²) in [6.45, 7) is 13.8. The standard InChI is InChI=1S/C17H25N/c1-16(2,3)15-12-11-13-9-7-8-10-14(13)18(15)17(4,5)6/h7-10,12H,11H2,1-6H3. The van der Waals surface area contributed by atoms with Gasteiger partial charge in [-0.1, -0.05) is 45.0 Å². The largest absolute Gasteiger partial charge is 0.339 e. The molecule has 98 valence electrons. The van der Waals surface area contributed by atoms with Gasteiger partial charge in [0, 0.05) is 22.3 Å². The minimum absolute atomic E-state index is 0.107. The van der Waals surface area contributed by atoms with Crippen molar-refractivity contribution in [3.63, 3.8) is 0 Å². The zero-order valence-corrected chi connectivity index (χ0v) is 12.5. The Morgan fingerprint density at radius 2 is 1.56 bits per heavy atom. The number of hydrogen-bond acceptors (Lipinski definition) is 1. The Kier molecular flexibility index (Phi) is 3.04. The molecule has 2 rings (SSSR count). The number of para-hydroxylation sites is 1. The summed E-state index contributed by atoms with van der Waals surface area (Å²) in [6, 6.07) is 8.77. The molecule has 1 aliphatic heterocycles. The summed E-state index contributed by atoms with van der Waals surface area (Å²) in [4.78, 5) is 2.51. The zero-order valence-electron chi connectivity index (χ0n) is 12.5. The van der Waals surface area contributed by atoms with E-state index in [4.69, 9.17) is 0 Å². The molecule has 0 spiro atoms. The monoisotopic (exact) mass is 243 g/mol. The van der Waals surface area contributed by atoms with E-state index >= 15 is 0 Å². The van der Waals surface area contributed by atoms with Crippen molar-refractivity contribution in [2.45, 2.75) is 53.5 Å². The SMILES string of the molecule is CC(C)(C)C1=CCc2ccccc2N1C(C)(C)C. The number of fused-ring (bicyclic) bond motifs is 1. The van der Waals surface area contributed by atoms with Crippen LogP contribution in [-0.2, 0) is 6.42 Å². The van der Waals surface area contributed by atoms with Crippen LogP contribution in [0, 0.1) is 5.41 Å². The minimum atomic E-state index is 0.107. The molecule has 1 aromatic rings. The van der Waals surface area contributed by atoms with Crippen molar-refractivity contribution in [2.24, 2.45) is 5.41 Å². The van der Waals surface area contributed by atoms with Crippen molar-refractivity contribution < 1.29 is 0 Å². The lowest BCUT2D eigenvalue weighted by Gasteiger charge is -2.46. The second-order valence-corrected chi connectivity index (χ2v) is 7.18. The third-order valence-electron chi connectivity index (χ3n) is 3.43. The number of rotatable bonds is 0. The van der Waals surface area contributed by atoms with E-state index in [1.54, 1.807) is 0 Å². The summed E-state index contributed by atoms with van der Waals surface area (Å²) >= 11 is 0. The Morgan fingerprint density at radius 3 is 2.11 bits per heavy atom. The van der Waals surface area contributed by atoms with Gasteiger partial charge in [0.2, 0.25) is 0 Å². The lowest BCUT2D eigenvalue weighted by Crippen LogP contribution is -2.46. The van der Waals surface area contributed by atoms with E-state index in [-0.39, 0.29) is 11.0 Å². The second kappa shape index (κ2) is 4.15. The number of benzene rings is 1. The van der Waals surface area contributed by atoms with Crippen LogP contribution in [0.2, 0.25) is 0 Å². The maximum absolute atomic E-state index is 2.51. The molecule has 0 fully saturated rings. The molecule has 1 aliphatic rings. The Hall–Kier alpha value is -1.24. The average molecular weight is 243 g/mol. The van der Waals surface area contributed by atoms with Crippen molar-refractivity contribution >= 4 is 5.69 Å². The summed E-state index contributed by atoms with van der Waals surface area (Å²) in [7, 11) is 0. The van der Waals surface area contributed by atoms with Gasteiger partial charge < -0.3 is 4.90 Å². The van der Waals surface area contributed by atoms with Crippen LogP contribution in [0.4, 0.5) is 5.69 Å². The van der Waals surface area contributed by atoms with Crippen LogP contribution >= 0.6 is 0 Å². The maximum Gasteiger partial charge on any atom is 0.0449 e. The molecule has 0 atom stereocenters. The highest BCUT2D eigenvalue weighted by molar-refractivity contribution is 5.64. The smallest absolute Gasteiger partial charge is 0.0449 e. The van der Waals surface area contributed by atoms with Gasteiger partial charge in [-0.2, -0.15) is 0 Å². The van der Waals surface area contributed by atoms with Gasteiger partial charge >= 0.3 is 0 Å². The molecule has 1 aromatic carbocycles. The molecule has 0 amide bonds. The fraction of sp³-hybridized carbons (Fsp3) is 0.529. The second-order valence-electron chi connectivity index (χ2n) is 7.18. The molecule has 0 bridgehead atoms. The first kappa shape index (κ1) is 13.2. The molecule has 0 N–H and O–H groups in total. The molecule has 0 unspecified atom stereocenters. The van der Waals surface area contributed by atoms with Crippen LogP contribution in [0.25, 0.3) is 0 Å². The number of allylic oxidation sites excluding steroid dienone is 2. The first-order valence-electron chi connectivity index (χ1n) is 6.80. The molecular weight excluding hydrogens is 218 g/mol. The number of anilines is 1. The highest BCUT2D eigenvalue weighted by atomic mass is 15.2. The van der Waals surface area contributed by atoms with Gasteiger partial charge in [0.15, 0.2) is 0 Å². The first-order valence-corrected chi connectivity index (χ1v) is 6.80. The van der Waals surface area contributed by atoms with Crippen molar-refractivity contribution in [1.82, 2.24) is 0 Å². The Morgan fingerprint density at radius 1 is 0.944 bits per heavy atom. The molecule has 0 radical (unpaired) electrons. The van der Waals surface area contributed by atoms with Gasteiger partial charge in [0.1, 0.15) is 0 Å². The molecule has 0 aromatic heterocycles. The average Bonchev–Trinajstić information content (AvgIpc) is 2.24. The summed E-state index contributed by atoms with van der Waals surface area (Å²) < 4.78 is 0. The third kappa shape index (κ3) is 2.31. The van der Waals surface area contributed by atoms with Crippen LogP contribution < -0.4 is 4.90 Å². The van der Waals surface area contributed by atoms with E-state index in [0.717, 1.165) is 6.42 Å². The predicted octanol–water partition coefficient (Wildman–Crippen LogP) is 4.78. The van der Waals surface area contributed by atoms with Crippen molar-refractivity contribution in [3.05, 3.63) is 41.6 Å². The Labute approximate surface area is 112 Å². The van der Waals surface area contributed by atoms with Crippen LogP contribution in [0.5, 0.6) is 0 Å². The molecule has 1 heteroatoms. The number of hydrogen-bond donors (Lipinski definition) is 0. The zero-order chi connectivity index (χ0) is 13.6. The predicted molar refractivity (Wildman–Crippen MR) is 79.9 cm³/mol. The van der Waals surface area contributed by atoms with Gasteiger partial charge in [0.25, 0.3) is 0 Å². The van der Waals surface area contributed by atoms with Gasteiger partial charge in [-0.15, -0.1) is 0 Å². The van der Waals surface area contributed by atoms with Gasteiger partial charge in [0.05, 0.1) is 0 Å². The summed E-state index contributed by atoms with van der Waals surface area (Å²) in [5.74, 6) is 0. The Bertz CT molecular complexity index is 469. The van der Waals surface area contributed by atoms with Gasteiger partial charge in [-0.05, 0) is 38.8 Å². The highest BCUT2D eigenvalue weighted by Crippen LogP contribution is 2.41. The number of nitrogens with zero attached hydrogens (tertiary/aromatic N) is 1. The molecule has 0 aliphatic carbocycles. The van der Waals surface area contributed by atoms with Crippen LogP contribution in [0.1, 0.15) is 47.1 Å². The van der Waals surface area contributed by atoms with Crippen molar-refractivity contribution in [2.75, 3.05) is 4.90 Å². The van der Waals surface area contributed by atoms with Gasteiger partial charge in [-0.25, -0.2) is 0 Å². The van der Waals surface area contributed by atoms with Gasteiger partial charge in [-0.3, -0.25) is 0 Å². The third-order valence-corrected chi connectivity index (χ3v) is 3.43. The van der Waals surface area contributed by atoms with Crippen molar-refractivity contribution in [3.8, 4) is 0 Å².